The van der Waals surface area contributed by atoms with Gasteiger partial charge in [-0.25, -0.2) is 14.4 Å². The Morgan fingerprint density at radius 3 is 2.27 bits per heavy atom. The molecule has 0 saturated carbocycles. The molecule has 0 aliphatic rings. The molecule has 0 atom stereocenters. The van der Waals surface area contributed by atoms with Crippen molar-refractivity contribution in [3.8, 4) is 0 Å². The molecule has 0 fully saturated rings. The number of benzene rings is 1. The van der Waals surface area contributed by atoms with E-state index in [0.717, 1.165) is 11.3 Å². The first-order valence-electron chi connectivity index (χ1n) is 7.57. The molecule has 0 amide bonds. The van der Waals surface area contributed by atoms with Gasteiger partial charge in [-0.1, -0.05) is 19.1 Å². The standard InChI is InChI=1S/C17H23FN4/c1-5-15-16(18)17(20-12-19-15)22(6-2)11-13-7-9-14(10-8-13)21(3)4/h7-10,12H,5-6,11H2,1-4H3. The van der Waals surface area contributed by atoms with Gasteiger partial charge in [0.2, 0.25) is 0 Å². The Hall–Kier alpha value is -2.17. The second-order valence-corrected chi connectivity index (χ2v) is 5.39. The summed E-state index contributed by atoms with van der Waals surface area (Å²) in [4.78, 5) is 12.1. The summed E-state index contributed by atoms with van der Waals surface area (Å²) in [5.41, 5.74) is 2.74. The zero-order valence-corrected chi connectivity index (χ0v) is 13.7. The van der Waals surface area contributed by atoms with Crippen LogP contribution in [0.4, 0.5) is 15.9 Å². The van der Waals surface area contributed by atoms with Crippen molar-refractivity contribution in [2.45, 2.75) is 26.8 Å². The molecule has 0 aliphatic heterocycles. The molecule has 0 spiro atoms. The third kappa shape index (κ3) is 3.53. The molecule has 0 N–H and O–H groups in total. The lowest BCUT2D eigenvalue weighted by Gasteiger charge is -2.23. The van der Waals surface area contributed by atoms with E-state index in [-0.39, 0.29) is 5.82 Å². The minimum atomic E-state index is -0.309. The van der Waals surface area contributed by atoms with Crippen LogP contribution < -0.4 is 9.80 Å². The first-order chi connectivity index (χ1) is 10.6. The van der Waals surface area contributed by atoms with Crippen LogP contribution >= 0.6 is 0 Å². The van der Waals surface area contributed by atoms with Gasteiger partial charge in [0.15, 0.2) is 11.6 Å². The van der Waals surface area contributed by atoms with Gasteiger partial charge in [0.1, 0.15) is 6.33 Å². The van der Waals surface area contributed by atoms with E-state index in [4.69, 9.17) is 0 Å². The Morgan fingerprint density at radius 1 is 1.05 bits per heavy atom. The van der Waals surface area contributed by atoms with E-state index in [9.17, 15) is 4.39 Å². The van der Waals surface area contributed by atoms with E-state index < -0.39 is 0 Å². The van der Waals surface area contributed by atoms with Gasteiger partial charge in [-0.3, -0.25) is 0 Å². The summed E-state index contributed by atoms with van der Waals surface area (Å²) >= 11 is 0. The largest absolute Gasteiger partial charge is 0.378 e. The Kier molecular flexibility index (Phi) is 5.31. The average Bonchev–Trinajstić information content (AvgIpc) is 2.53. The van der Waals surface area contributed by atoms with Crippen LogP contribution in [0, 0.1) is 5.82 Å². The molecule has 2 rings (SSSR count). The van der Waals surface area contributed by atoms with Crippen LogP contribution in [-0.2, 0) is 13.0 Å². The molecule has 4 nitrogen and oxygen atoms in total. The average molecular weight is 302 g/mol. The molecular weight excluding hydrogens is 279 g/mol. The number of hydrogen-bond donors (Lipinski definition) is 0. The summed E-state index contributed by atoms with van der Waals surface area (Å²) in [5.74, 6) is 0.0720. The fourth-order valence-corrected chi connectivity index (χ4v) is 2.32. The number of halogens is 1. The van der Waals surface area contributed by atoms with Gasteiger partial charge in [0.25, 0.3) is 0 Å². The first-order valence-corrected chi connectivity index (χ1v) is 7.57. The highest BCUT2D eigenvalue weighted by Gasteiger charge is 2.15. The van der Waals surface area contributed by atoms with Gasteiger partial charge in [-0.05, 0) is 31.0 Å². The number of aromatic nitrogens is 2. The van der Waals surface area contributed by atoms with Crippen LogP contribution in [-0.4, -0.2) is 30.6 Å². The van der Waals surface area contributed by atoms with Gasteiger partial charge >= 0.3 is 0 Å². The van der Waals surface area contributed by atoms with E-state index in [2.05, 4.69) is 39.1 Å². The zero-order valence-electron chi connectivity index (χ0n) is 13.7. The smallest absolute Gasteiger partial charge is 0.187 e. The van der Waals surface area contributed by atoms with Crippen molar-refractivity contribution in [1.82, 2.24) is 9.97 Å². The quantitative estimate of drug-likeness (QED) is 0.820. The van der Waals surface area contributed by atoms with Crippen molar-refractivity contribution >= 4 is 11.5 Å². The molecule has 0 aliphatic carbocycles. The van der Waals surface area contributed by atoms with Gasteiger partial charge < -0.3 is 9.80 Å². The Labute approximate surface area is 131 Å². The van der Waals surface area contributed by atoms with Crippen molar-refractivity contribution in [1.29, 1.82) is 0 Å². The highest BCUT2D eigenvalue weighted by Crippen LogP contribution is 2.21. The van der Waals surface area contributed by atoms with E-state index in [1.54, 1.807) is 0 Å². The predicted octanol–water partition coefficient (Wildman–Crippen LogP) is 3.27. The van der Waals surface area contributed by atoms with Crippen LogP contribution in [0.25, 0.3) is 0 Å². The second-order valence-electron chi connectivity index (χ2n) is 5.39. The number of anilines is 2. The van der Waals surface area contributed by atoms with E-state index in [0.29, 0.717) is 31.0 Å². The minimum absolute atomic E-state index is 0.309. The molecule has 0 radical (unpaired) electrons. The van der Waals surface area contributed by atoms with Crippen molar-refractivity contribution in [2.24, 2.45) is 0 Å². The molecule has 1 aromatic heterocycles. The highest BCUT2D eigenvalue weighted by atomic mass is 19.1. The van der Waals surface area contributed by atoms with Crippen molar-refractivity contribution < 1.29 is 4.39 Å². The molecule has 22 heavy (non-hydrogen) atoms. The second kappa shape index (κ2) is 7.20. The topological polar surface area (TPSA) is 32.3 Å². The molecule has 5 heteroatoms. The summed E-state index contributed by atoms with van der Waals surface area (Å²) in [7, 11) is 4.02. The zero-order chi connectivity index (χ0) is 16.1. The lowest BCUT2D eigenvalue weighted by molar-refractivity contribution is 0.583. The Balaban J connectivity index is 2.22. The summed E-state index contributed by atoms with van der Waals surface area (Å²) < 4.78 is 14.4. The van der Waals surface area contributed by atoms with Crippen LogP contribution in [0.1, 0.15) is 25.1 Å². The van der Waals surface area contributed by atoms with E-state index in [1.165, 1.54) is 6.33 Å². The van der Waals surface area contributed by atoms with Crippen LogP contribution in [0.2, 0.25) is 0 Å². The lowest BCUT2D eigenvalue weighted by atomic mass is 10.2. The first kappa shape index (κ1) is 16.2. The van der Waals surface area contributed by atoms with Crippen molar-refractivity contribution in [2.75, 3.05) is 30.4 Å². The summed E-state index contributed by atoms with van der Waals surface area (Å²) in [6.45, 7) is 5.21. The number of aryl methyl sites for hydroxylation is 1. The molecule has 1 heterocycles. The van der Waals surface area contributed by atoms with Crippen LogP contribution in [0.3, 0.4) is 0 Å². The van der Waals surface area contributed by atoms with Crippen LogP contribution in [0.15, 0.2) is 30.6 Å². The molecular formula is C17H23FN4. The maximum atomic E-state index is 14.4. The number of nitrogens with zero attached hydrogens (tertiary/aromatic N) is 4. The summed E-state index contributed by atoms with van der Waals surface area (Å²) in [5, 5.41) is 0. The third-order valence-electron chi connectivity index (χ3n) is 3.69. The third-order valence-corrected chi connectivity index (χ3v) is 3.69. The van der Waals surface area contributed by atoms with Gasteiger partial charge in [0, 0.05) is 32.9 Å². The molecule has 1 aromatic carbocycles. The number of hydrogen-bond acceptors (Lipinski definition) is 4. The Bertz CT molecular complexity index is 611. The molecule has 0 bridgehead atoms. The monoisotopic (exact) mass is 302 g/mol. The summed E-state index contributed by atoms with van der Waals surface area (Å²) in [6, 6.07) is 8.27. The van der Waals surface area contributed by atoms with Crippen molar-refractivity contribution in [3.05, 3.63) is 47.7 Å². The summed E-state index contributed by atoms with van der Waals surface area (Å²) in [6.07, 6.45) is 2.01. The van der Waals surface area contributed by atoms with E-state index >= 15 is 0 Å². The Morgan fingerprint density at radius 2 is 1.73 bits per heavy atom. The van der Waals surface area contributed by atoms with Crippen LogP contribution in [0.5, 0.6) is 0 Å². The van der Waals surface area contributed by atoms with E-state index in [1.807, 2.05) is 32.8 Å². The number of rotatable bonds is 6. The molecule has 118 valence electrons. The van der Waals surface area contributed by atoms with Gasteiger partial charge in [-0.15, -0.1) is 0 Å². The predicted molar refractivity (Wildman–Crippen MR) is 88.9 cm³/mol. The maximum Gasteiger partial charge on any atom is 0.187 e. The van der Waals surface area contributed by atoms with Crippen molar-refractivity contribution in [3.63, 3.8) is 0 Å². The lowest BCUT2D eigenvalue weighted by Crippen LogP contribution is -2.25. The highest BCUT2D eigenvalue weighted by molar-refractivity contribution is 5.47. The minimum Gasteiger partial charge on any atom is -0.378 e. The molecule has 0 saturated heterocycles. The van der Waals surface area contributed by atoms with Gasteiger partial charge in [-0.2, -0.15) is 0 Å². The fourth-order valence-electron chi connectivity index (χ4n) is 2.32. The molecule has 0 unspecified atom stereocenters. The molecule has 2 aromatic rings. The van der Waals surface area contributed by atoms with Gasteiger partial charge in [0.05, 0.1) is 5.69 Å². The fraction of sp³-hybridized carbons (Fsp3) is 0.412. The SMILES string of the molecule is CCc1ncnc(N(CC)Cc2ccc(N(C)C)cc2)c1F. The maximum absolute atomic E-state index is 14.4. The normalized spacial score (nSPS) is 10.6.